The molecular weight excluding hydrogens is 186 g/mol. The number of aliphatic hydroxyl groups is 1. The first-order chi connectivity index (χ1) is 7.16. The van der Waals surface area contributed by atoms with Gasteiger partial charge < -0.3 is 10.4 Å². The third-order valence-electron chi connectivity index (χ3n) is 3.79. The number of aliphatic hydroxyl groups excluding tert-OH is 1. The van der Waals surface area contributed by atoms with Gasteiger partial charge in [0.2, 0.25) is 0 Å². The minimum absolute atomic E-state index is 0.216. The van der Waals surface area contributed by atoms with E-state index in [9.17, 15) is 5.11 Å². The predicted molar refractivity (Wildman–Crippen MR) is 60.0 cm³/mol. The van der Waals surface area contributed by atoms with Crippen molar-refractivity contribution in [2.24, 2.45) is 11.8 Å². The number of nitrogens with one attached hydrogen (secondary N) is 1. The SMILES string of the molecule is C=C1C=C(O)C(=C)NC2=C1C1CCC2C1. The molecule has 1 heterocycles. The Kier molecular flexibility index (Phi) is 1.64. The standard InChI is InChI=1S/C13H15NO/c1-7-5-11(15)8(2)14-13-10-4-3-9(6-10)12(7)13/h5,9-10,14-15H,1-4,6H2. The molecule has 0 aromatic carbocycles. The van der Waals surface area contributed by atoms with Crippen molar-refractivity contribution in [2.75, 3.05) is 0 Å². The molecule has 1 aliphatic heterocycles. The Labute approximate surface area is 89.7 Å². The van der Waals surface area contributed by atoms with Crippen molar-refractivity contribution >= 4 is 0 Å². The van der Waals surface area contributed by atoms with Crippen LogP contribution in [0.25, 0.3) is 0 Å². The Morgan fingerprint density at radius 2 is 2.00 bits per heavy atom. The zero-order valence-electron chi connectivity index (χ0n) is 8.71. The molecule has 78 valence electrons. The van der Waals surface area contributed by atoms with E-state index in [2.05, 4.69) is 18.5 Å². The van der Waals surface area contributed by atoms with Gasteiger partial charge in [-0.1, -0.05) is 13.2 Å². The first-order valence-corrected chi connectivity index (χ1v) is 5.47. The fourth-order valence-electron chi connectivity index (χ4n) is 3.11. The molecule has 0 radical (unpaired) electrons. The second-order valence-corrected chi connectivity index (χ2v) is 4.69. The average Bonchev–Trinajstić information content (AvgIpc) is 2.74. The fourth-order valence-corrected chi connectivity index (χ4v) is 3.11. The maximum Gasteiger partial charge on any atom is 0.138 e. The normalized spacial score (nSPS) is 33.7. The third-order valence-corrected chi connectivity index (χ3v) is 3.79. The largest absolute Gasteiger partial charge is 0.506 e. The minimum Gasteiger partial charge on any atom is -0.506 e. The monoisotopic (exact) mass is 201 g/mol. The molecule has 1 fully saturated rings. The highest BCUT2D eigenvalue weighted by molar-refractivity contribution is 5.52. The smallest absolute Gasteiger partial charge is 0.138 e. The van der Waals surface area contributed by atoms with E-state index in [4.69, 9.17) is 0 Å². The highest BCUT2D eigenvalue weighted by Gasteiger charge is 2.40. The zero-order chi connectivity index (χ0) is 10.6. The molecule has 2 nitrogen and oxygen atoms in total. The molecule has 0 amide bonds. The van der Waals surface area contributed by atoms with Crippen LogP contribution in [0.3, 0.4) is 0 Å². The minimum atomic E-state index is 0.216. The lowest BCUT2D eigenvalue weighted by atomic mass is 9.91. The van der Waals surface area contributed by atoms with Crippen LogP contribution in [0.2, 0.25) is 0 Å². The van der Waals surface area contributed by atoms with Crippen LogP contribution in [-0.2, 0) is 0 Å². The molecule has 3 aliphatic rings. The highest BCUT2D eigenvalue weighted by atomic mass is 16.3. The van der Waals surface area contributed by atoms with Crippen LogP contribution >= 0.6 is 0 Å². The summed E-state index contributed by atoms with van der Waals surface area (Å²) < 4.78 is 0. The van der Waals surface area contributed by atoms with Gasteiger partial charge in [-0.3, -0.25) is 0 Å². The predicted octanol–water partition coefficient (Wildman–Crippen LogP) is 2.79. The summed E-state index contributed by atoms with van der Waals surface area (Å²) in [5, 5.41) is 12.9. The zero-order valence-corrected chi connectivity index (χ0v) is 8.71. The van der Waals surface area contributed by atoms with Gasteiger partial charge in [-0.15, -0.1) is 0 Å². The molecule has 2 heteroatoms. The number of allylic oxidation sites excluding steroid dienone is 4. The highest BCUT2D eigenvalue weighted by Crippen LogP contribution is 2.51. The first kappa shape index (κ1) is 8.84. The van der Waals surface area contributed by atoms with E-state index in [0.717, 1.165) is 5.57 Å². The van der Waals surface area contributed by atoms with E-state index < -0.39 is 0 Å². The molecule has 15 heavy (non-hydrogen) atoms. The van der Waals surface area contributed by atoms with Gasteiger partial charge in [0.25, 0.3) is 0 Å². The second kappa shape index (κ2) is 2.78. The molecule has 2 N–H and O–H groups in total. The Balaban J connectivity index is 2.10. The van der Waals surface area contributed by atoms with E-state index in [1.807, 2.05) is 0 Å². The van der Waals surface area contributed by atoms with Crippen molar-refractivity contribution in [3.63, 3.8) is 0 Å². The maximum atomic E-state index is 9.69. The number of rotatable bonds is 0. The Bertz CT molecular complexity index is 428. The van der Waals surface area contributed by atoms with E-state index in [0.29, 0.717) is 17.5 Å². The molecule has 1 saturated carbocycles. The molecular formula is C13H15NO. The van der Waals surface area contributed by atoms with Crippen molar-refractivity contribution in [2.45, 2.75) is 19.3 Å². The van der Waals surface area contributed by atoms with Gasteiger partial charge in [0.1, 0.15) is 5.76 Å². The second-order valence-electron chi connectivity index (χ2n) is 4.69. The van der Waals surface area contributed by atoms with Crippen LogP contribution in [0.5, 0.6) is 0 Å². The fraction of sp³-hybridized carbons (Fsp3) is 0.385. The van der Waals surface area contributed by atoms with Gasteiger partial charge in [-0.05, 0) is 48.3 Å². The summed E-state index contributed by atoms with van der Waals surface area (Å²) in [7, 11) is 0. The molecule has 0 aromatic heterocycles. The van der Waals surface area contributed by atoms with E-state index in [1.54, 1.807) is 6.08 Å². The maximum absolute atomic E-state index is 9.69. The van der Waals surface area contributed by atoms with Crippen molar-refractivity contribution in [3.8, 4) is 0 Å². The lowest BCUT2D eigenvalue weighted by Crippen LogP contribution is -2.18. The summed E-state index contributed by atoms with van der Waals surface area (Å²) in [6.45, 7) is 7.87. The van der Waals surface area contributed by atoms with Crippen LogP contribution < -0.4 is 5.32 Å². The van der Waals surface area contributed by atoms with Gasteiger partial charge in [0.15, 0.2) is 0 Å². The van der Waals surface area contributed by atoms with Crippen LogP contribution in [0, 0.1) is 11.8 Å². The topological polar surface area (TPSA) is 32.3 Å². The number of hydrogen-bond donors (Lipinski definition) is 2. The van der Waals surface area contributed by atoms with E-state index >= 15 is 0 Å². The van der Waals surface area contributed by atoms with Crippen molar-refractivity contribution in [1.82, 2.24) is 5.32 Å². The quantitative estimate of drug-likeness (QED) is 0.631. The van der Waals surface area contributed by atoms with Crippen molar-refractivity contribution in [3.05, 3.63) is 47.5 Å². The van der Waals surface area contributed by atoms with Crippen molar-refractivity contribution < 1.29 is 5.11 Å². The van der Waals surface area contributed by atoms with Gasteiger partial charge in [0, 0.05) is 5.70 Å². The Hall–Kier alpha value is -1.44. The van der Waals surface area contributed by atoms with Crippen LogP contribution in [0.1, 0.15) is 19.3 Å². The van der Waals surface area contributed by atoms with Crippen LogP contribution in [0.4, 0.5) is 0 Å². The Morgan fingerprint density at radius 1 is 1.27 bits per heavy atom. The molecule has 2 bridgehead atoms. The summed E-state index contributed by atoms with van der Waals surface area (Å²) in [6.07, 6.45) is 5.51. The van der Waals surface area contributed by atoms with Crippen LogP contribution in [0.15, 0.2) is 47.5 Å². The summed E-state index contributed by atoms with van der Waals surface area (Å²) >= 11 is 0. The lowest BCUT2D eigenvalue weighted by Gasteiger charge is -2.19. The molecule has 2 atom stereocenters. The van der Waals surface area contributed by atoms with Gasteiger partial charge >= 0.3 is 0 Å². The summed E-state index contributed by atoms with van der Waals surface area (Å²) in [5.74, 6) is 1.51. The molecule has 3 rings (SSSR count). The number of hydrogen-bond acceptors (Lipinski definition) is 2. The van der Waals surface area contributed by atoms with E-state index in [-0.39, 0.29) is 5.76 Å². The van der Waals surface area contributed by atoms with Gasteiger partial charge in [-0.2, -0.15) is 0 Å². The van der Waals surface area contributed by atoms with E-state index in [1.165, 1.54) is 30.5 Å². The number of fused-ring (bicyclic) bond motifs is 4. The first-order valence-electron chi connectivity index (χ1n) is 5.47. The lowest BCUT2D eigenvalue weighted by molar-refractivity contribution is 0.416. The summed E-state index contributed by atoms with van der Waals surface area (Å²) in [6, 6.07) is 0. The molecule has 0 spiro atoms. The molecule has 2 unspecified atom stereocenters. The summed E-state index contributed by atoms with van der Waals surface area (Å²) in [5.41, 5.74) is 4.16. The average molecular weight is 201 g/mol. The van der Waals surface area contributed by atoms with Gasteiger partial charge in [0.05, 0.1) is 5.70 Å². The van der Waals surface area contributed by atoms with Crippen LogP contribution in [-0.4, -0.2) is 5.11 Å². The third kappa shape index (κ3) is 1.11. The Morgan fingerprint density at radius 3 is 2.80 bits per heavy atom. The molecule has 0 aromatic rings. The van der Waals surface area contributed by atoms with Crippen molar-refractivity contribution in [1.29, 1.82) is 0 Å². The summed E-state index contributed by atoms with van der Waals surface area (Å²) in [4.78, 5) is 0. The molecule has 0 saturated heterocycles. The molecule has 2 aliphatic carbocycles. The van der Waals surface area contributed by atoms with Gasteiger partial charge in [-0.25, -0.2) is 0 Å².